The van der Waals surface area contributed by atoms with Crippen LogP contribution in [0, 0.1) is 5.92 Å². The topological polar surface area (TPSA) is 72.8 Å². The molecular weight excluding hydrogens is 280 g/mol. The van der Waals surface area contributed by atoms with E-state index in [4.69, 9.17) is 5.11 Å². The monoisotopic (exact) mass is 304 g/mol. The minimum atomic E-state index is -0.664. The lowest BCUT2D eigenvalue weighted by molar-refractivity contribution is 0.0179. The molecule has 1 saturated heterocycles. The Labute approximate surface area is 130 Å². The lowest BCUT2D eigenvalue weighted by Gasteiger charge is -2.34. The van der Waals surface area contributed by atoms with E-state index >= 15 is 0 Å². The van der Waals surface area contributed by atoms with E-state index < -0.39 is 6.10 Å². The first-order valence-electron chi connectivity index (χ1n) is 8.14. The zero-order valence-corrected chi connectivity index (χ0v) is 12.8. The number of aryl methyl sites for hydroxylation is 1. The fraction of sp³-hybridized carbons (Fsp3) is 0.588. The number of aliphatic hydroxyl groups excluding tert-OH is 2. The van der Waals surface area contributed by atoms with Crippen LogP contribution >= 0.6 is 0 Å². The summed E-state index contributed by atoms with van der Waals surface area (Å²) in [6.07, 6.45) is 2.96. The molecule has 0 bridgehead atoms. The van der Waals surface area contributed by atoms with Gasteiger partial charge in [-0.2, -0.15) is 0 Å². The van der Waals surface area contributed by atoms with Crippen molar-refractivity contribution in [2.45, 2.75) is 31.8 Å². The van der Waals surface area contributed by atoms with Crippen molar-refractivity contribution in [3.8, 4) is 0 Å². The summed E-state index contributed by atoms with van der Waals surface area (Å²) in [6.45, 7) is 2.01. The van der Waals surface area contributed by atoms with Crippen molar-refractivity contribution >= 4 is 11.6 Å². The van der Waals surface area contributed by atoms with Crippen LogP contribution in [0.2, 0.25) is 0 Å². The van der Waals surface area contributed by atoms with Crippen LogP contribution in [0.25, 0.3) is 0 Å². The normalized spacial score (nSPS) is 20.2. The van der Waals surface area contributed by atoms with Gasteiger partial charge in [0.2, 0.25) is 0 Å². The van der Waals surface area contributed by atoms with Crippen molar-refractivity contribution in [3.05, 3.63) is 29.3 Å². The molecular formula is C17H24N2O3. The lowest BCUT2D eigenvalue weighted by Crippen LogP contribution is -2.42. The molecule has 1 fully saturated rings. The lowest BCUT2D eigenvalue weighted by atomic mass is 9.91. The van der Waals surface area contributed by atoms with Gasteiger partial charge in [0.1, 0.15) is 0 Å². The number of carbonyl (C=O) groups excluding carboxylic acids is 1. The maximum Gasteiger partial charge on any atom is 0.255 e. The molecule has 1 aromatic rings. The molecule has 3 rings (SSSR count). The molecule has 2 aliphatic rings. The Balaban J connectivity index is 1.71. The number of anilines is 1. The number of piperidine rings is 1. The second-order valence-electron chi connectivity index (χ2n) is 6.25. The number of para-hydroxylation sites is 1. The van der Waals surface area contributed by atoms with Gasteiger partial charge in [-0.1, -0.05) is 12.1 Å². The maximum atomic E-state index is 12.8. The smallest absolute Gasteiger partial charge is 0.255 e. The molecule has 5 heteroatoms. The third kappa shape index (κ3) is 2.96. The summed E-state index contributed by atoms with van der Waals surface area (Å²) in [4.78, 5) is 14.7. The average Bonchev–Trinajstić information content (AvgIpc) is 2.60. The Morgan fingerprint density at radius 3 is 2.86 bits per heavy atom. The van der Waals surface area contributed by atoms with Gasteiger partial charge in [-0.25, -0.2) is 0 Å². The van der Waals surface area contributed by atoms with E-state index in [1.165, 1.54) is 5.56 Å². The minimum absolute atomic E-state index is 0.0724. The molecule has 1 aromatic carbocycles. The van der Waals surface area contributed by atoms with Crippen LogP contribution in [0.1, 0.15) is 35.2 Å². The first kappa shape index (κ1) is 15.3. The van der Waals surface area contributed by atoms with Gasteiger partial charge in [0.05, 0.1) is 24.0 Å². The Hall–Kier alpha value is -1.59. The highest BCUT2D eigenvalue weighted by atomic mass is 16.3. The highest BCUT2D eigenvalue weighted by Crippen LogP contribution is 2.29. The summed E-state index contributed by atoms with van der Waals surface area (Å²) in [5.41, 5.74) is 2.98. The molecule has 0 radical (unpaired) electrons. The Bertz CT molecular complexity index is 539. The van der Waals surface area contributed by atoms with Gasteiger partial charge >= 0.3 is 0 Å². The Morgan fingerprint density at radius 2 is 2.14 bits per heavy atom. The third-order valence-corrected chi connectivity index (χ3v) is 4.86. The Morgan fingerprint density at radius 1 is 1.36 bits per heavy atom. The zero-order chi connectivity index (χ0) is 15.5. The number of rotatable bonds is 3. The Kier molecular flexibility index (Phi) is 4.64. The number of hydrogen-bond acceptors (Lipinski definition) is 4. The fourth-order valence-electron chi connectivity index (χ4n) is 3.49. The van der Waals surface area contributed by atoms with E-state index in [0.717, 1.165) is 43.5 Å². The summed E-state index contributed by atoms with van der Waals surface area (Å²) < 4.78 is 0. The van der Waals surface area contributed by atoms with Crippen molar-refractivity contribution in [2.75, 3.05) is 31.6 Å². The number of benzene rings is 1. The van der Waals surface area contributed by atoms with Crippen LogP contribution in [0.15, 0.2) is 18.2 Å². The zero-order valence-electron chi connectivity index (χ0n) is 12.8. The summed E-state index contributed by atoms with van der Waals surface area (Å²) in [5.74, 6) is 0.167. The standard InChI is InChI=1S/C17H24N2O3/c20-11-15(21)12-6-9-19(10-7-12)17(22)14-5-1-3-13-4-2-8-18-16(13)14/h1,3,5,12,15,18,20-21H,2,4,6-11H2. The molecule has 22 heavy (non-hydrogen) atoms. The van der Waals surface area contributed by atoms with Crippen molar-refractivity contribution in [2.24, 2.45) is 5.92 Å². The van der Waals surface area contributed by atoms with Crippen LogP contribution < -0.4 is 5.32 Å². The molecule has 1 atom stereocenters. The van der Waals surface area contributed by atoms with E-state index in [9.17, 15) is 9.90 Å². The van der Waals surface area contributed by atoms with E-state index in [1.807, 2.05) is 17.0 Å². The van der Waals surface area contributed by atoms with Crippen molar-refractivity contribution in [1.29, 1.82) is 0 Å². The second kappa shape index (κ2) is 6.67. The molecule has 0 aliphatic carbocycles. The molecule has 2 heterocycles. The summed E-state index contributed by atoms with van der Waals surface area (Å²) in [5, 5.41) is 22.1. The highest BCUT2D eigenvalue weighted by Gasteiger charge is 2.29. The second-order valence-corrected chi connectivity index (χ2v) is 6.25. The quantitative estimate of drug-likeness (QED) is 0.786. The first-order chi connectivity index (χ1) is 10.7. The number of carbonyl (C=O) groups is 1. The number of nitrogens with zero attached hydrogens (tertiary/aromatic N) is 1. The highest BCUT2D eigenvalue weighted by molar-refractivity contribution is 6.00. The van der Waals surface area contributed by atoms with Crippen LogP contribution in [-0.2, 0) is 6.42 Å². The van der Waals surface area contributed by atoms with E-state index in [1.54, 1.807) is 0 Å². The van der Waals surface area contributed by atoms with Crippen LogP contribution in [-0.4, -0.2) is 53.4 Å². The molecule has 0 aromatic heterocycles. The average molecular weight is 304 g/mol. The largest absolute Gasteiger partial charge is 0.394 e. The minimum Gasteiger partial charge on any atom is -0.394 e. The SMILES string of the molecule is O=C(c1cccc2c1NCCC2)N1CCC(C(O)CO)CC1. The number of aliphatic hydroxyl groups is 2. The summed E-state index contributed by atoms with van der Waals surface area (Å²) in [7, 11) is 0. The molecule has 1 amide bonds. The molecule has 2 aliphatic heterocycles. The van der Waals surface area contributed by atoms with Crippen LogP contribution in [0.3, 0.4) is 0 Å². The van der Waals surface area contributed by atoms with Crippen LogP contribution in [0.4, 0.5) is 5.69 Å². The van der Waals surface area contributed by atoms with Gasteiger partial charge in [0, 0.05) is 19.6 Å². The summed E-state index contributed by atoms with van der Waals surface area (Å²) in [6, 6.07) is 5.94. The number of fused-ring (bicyclic) bond motifs is 1. The number of hydrogen-bond donors (Lipinski definition) is 3. The first-order valence-corrected chi connectivity index (χ1v) is 8.14. The predicted molar refractivity (Wildman–Crippen MR) is 85.0 cm³/mol. The van der Waals surface area contributed by atoms with Crippen molar-refractivity contribution in [1.82, 2.24) is 4.90 Å². The molecule has 0 spiro atoms. The van der Waals surface area contributed by atoms with Crippen LogP contribution in [0.5, 0.6) is 0 Å². The van der Waals surface area contributed by atoms with Gasteiger partial charge in [-0.3, -0.25) is 4.79 Å². The van der Waals surface area contributed by atoms with E-state index in [0.29, 0.717) is 13.1 Å². The number of amides is 1. The molecule has 5 nitrogen and oxygen atoms in total. The van der Waals surface area contributed by atoms with Crippen molar-refractivity contribution in [3.63, 3.8) is 0 Å². The fourth-order valence-corrected chi connectivity index (χ4v) is 3.49. The van der Waals surface area contributed by atoms with Gasteiger partial charge in [-0.15, -0.1) is 0 Å². The molecule has 0 saturated carbocycles. The molecule has 120 valence electrons. The maximum absolute atomic E-state index is 12.8. The van der Waals surface area contributed by atoms with Gasteiger partial charge in [-0.05, 0) is 43.2 Å². The van der Waals surface area contributed by atoms with Gasteiger partial charge in [0.15, 0.2) is 0 Å². The predicted octanol–water partition coefficient (Wildman–Crippen LogP) is 1.25. The van der Waals surface area contributed by atoms with Gasteiger partial charge < -0.3 is 20.4 Å². The molecule has 1 unspecified atom stereocenters. The van der Waals surface area contributed by atoms with Gasteiger partial charge in [0.25, 0.3) is 5.91 Å². The van der Waals surface area contributed by atoms with E-state index in [-0.39, 0.29) is 18.4 Å². The number of nitrogens with one attached hydrogen (secondary N) is 1. The summed E-state index contributed by atoms with van der Waals surface area (Å²) >= 11 is 0. The van der Waals surface area contributed by atoms with Crippen molar-refractivity contribution < 1.29 is 15.0 Å². The third-order valence-electron chi connectivity index (χ3n) is 4.86. The molecule has 3 N–H and O–H groups in total. The number of likely N-dealkylation sites (tertiary alicyclic amines) is 1. The van der Waals surface area contributed by atoms with E-state index in [2.05, 4.69) is 11.4 Å².